The van der Waals surface area contributed by atoms with E-state index in [9.17, 15) is 9.59 Å². The molecule has 0 unspecified atom stereocenters. The fourth-order valence-electron chi connectivity index (χ4n) is 3.91. The van der Waals surface area contributed by atoms with Crippen molar-refractivity contribution in [2.75, 3.05) is 0 Å². The van der Waals surface area contributed by atoms with E-state index in [2.05, 4.69) is 25.1 Å². The zero-order chi connectivity index (χ0) is 15.0. The molecule has 1 aliphatic carbocycles. The maximum Gasteiger partial charge on any atom is 0.129 e. The first kappa shape index (κ1) is 14.3. The predicted octanol–water partition coefficient (Wildman–Crippen LogP) is 3.30. The van der Waals surface area contributed by atoms with E-state index in [1.54, 1.807) is 6.92 Å². The molecule has 0 amide bonds. The summed E-state index contributed by atoms with van der Waals surface area (Å²) in [6.07, 6.45) is 4.55. The lowest BCUT2D eigenvalue weighted by Gasteiger charge is -2.15. The molecule has 1 heterocycles. The standard InChI is InChI=1S/C18H22O3/c1-11-9-16-17(15(11)10-19)14-8-4-7-13(18(14)21-16)6-3-5-12(2)20/h4,7-8,10-11,15-17H,3,5-6,9H2,1-2H3/t11-,15+,16+,17-/m1/s1. The van der Waals surface area contributed by atoms with Crippen LogP contribution in [0.1, 0.15) is 50.2 Å². The molecule has 1 aromatic carbocycles. The Labute approximate surface area is 125 Å². The highest BCUT2D eigenvalue weighted by Gasteiger charge is 2.48. The number of hydrogen-bond donors (Lipinski definition) is 0. The van der Waals surface area contributed by atoms with Crippen molar-refractivity contribution >= 4 is 12.1 Å². The molecular weight excluding hydrogens is 264 g/mol. The van der Waals surface area contributed by atoms with Gasteiger partial charge in [0.05, 0.1) is 0 Å². The molecule has 0 radical (unpaired) electrons. The van der Waals surface area contributed by atoms with Crippen molar-refractivity contribution in [1.82, 2.24) is 0 Å². The van der Waals surface area contributed by atoms with Crippen LogP contribution < -0.4 is 4.74 Å². The number of Topliss-reactive ketones (excluding diaryl/α,β-unsaturated/α-hetero) is 1. The van der Waals surface area contributed by atoms with Crippen molar-refractivity contribution in [3.63, 3.8) is 0 Å². The number of aryl methyl sites for hydroxylation is 1. The van der Waals surface area contributed by atoms with Crippen molar-refractivity contribution in [2.45, 2.75) is 51.6 Å². The molecule has 1 fully saturated rings. The van der Waals surface area contributed by atoms with E-state index < -0.39 is 0 Å². The fraction of sp³-hybridized carbons (Fsp3) is 0.556. The second-order valence-corrected chi connectivity index (χ2v) is 6.50. The summed E-state index contributed by atoms with van der Waals surface area (Å²) in [5, 5.41) is 0. The van der Waals surface area contributed by atoms with Crippen molar-refractivity contribution in [1.29, 1.82) is 0 Å². The van der Waals surface area contributed by atoms with Gasteiger partial charge < -0.3 is 14.3 Å². The first-order valence-electron chi connectivity index (χ1n) is 7.85. The van der Waals surface area contributed by atoms with E-state index in [0.717, 1.165) is 31.3 Å². The third-order valence-corrected chi connectivity index (χ3v) is 4.96. The maximum absolute atomic E-state index is 11.4. The average molecular weight is 286 g/mol. The Morgan fingerprint density at radius 3 is 2.95 bits per heavy atom. The summed E-state index contributed by atoms with van der Waals surface area (Å²) in [6, 6.07) is 6.24. The molecule has 112 valence electrons. The lowest BCUT2D eigenvalue weighted by molar-refractivity contribution is -0.117. The highest BCUT2D eigenvalue weighted by Crippen LogP contribution is 2.52. The zero-order valence-corrected chi connectivity index (χ0v) is 12.7. The number of ether oxygens (including phenoxy) is 1. The van der Waals surface area contributed by atoms with Gasteiger partial charge in [-0.25, -0.2) is 0 Å². The Kier molecular flexibility index (Phi) is 3.83. The smallest absolute Gasteiger partial charge is 0.129 e. The first-order valence-corrected chi connectivity index (χ1v) is 7.85. The minimum absolute atomic E-state index is 0.0729. The number of carbonyl (C=O) groups excluding carboxylic acids is 2. The van der Waals surface area contributed by atoms with Crippen LogP contribution in [0.15, 0.2) is 18.2 Å². The van der Waals surface area contributed by atoms with Gasteiger partial charge in [0.15, 0.2) is 0 Å². The SMILES string of the molecule is CC(=O)CCCc1cccc2c1O[C@H]1C[C@@H](C)[C@H](C=O)[C@@H]21. The molecule has 1 saturated carbocycles. The second-order valence-electron chi connectivity index (χ2n) is 6.50. The van der Waals surface area contributed by atoms with Crippen molar-refractivity contribution in [2.24, 2.45) is 11.8 Å². The van der Waals surface area contributed by atoms with Gasteiger partial charge in [-0.2, -0.15) is 0 Å². The number of para-hydroxylation sites is 1. The normalized spacial score (nSPS) is 29.6. The average Bonchev–Trinajstić information content (AvgIpc) is 2.93. The maximum atomic E-state index is 11.4. The van der Waals surface area contributed by atoms with Gasteiger partial charge in [-0.15, -0.1) is 0 Å². The van der Waals surface area contributed by atoms with E-state index in [1.165, 1.54) is 11.1 Å². The number of rotatable bonds is 5. The van der Waals surface area contributed by atoms with Crippen molar-refractivity contribution in [3.8, 4) is 5.75 Å². The van der Waals surface area contributed by atoms with Crippen LogP contribution in [0.2, 0.25) is 0 Å². The summed E-state index contributed by atoms with van der Waals surface area (Å²) in [7, 11) is 0. The van der Waals surface area contributed by atoms with Crippen LogP contribution in [-0.2, 0) is 16.0 Å². The van der Waals surface area contributed by atoms with Crippen molar-refractivity contribution < 1.29 is 14.3 Å². The molecule has 0 saturated heterocycles. The Balaban J connectivity index is 1.83. The van der Waals surface area contributed by atoms with E-state index in [-0.39, 0.29) is 23.7 Å². The van der Waals surface area contributed by atoms with Gasteiger partial charge in [0.2, 0.25) is 0 Å². The monoisotopic (exact) mass is 286 g/mol. The molecule has 4 atom stereocenters. The number of hydrogen-bond acceptors (Lipinski definition) is 3. The van der Waals surface area contributed by atoms with Crippen LogP contribution in [0.4, 0.5) is 0 Å². The van der Waals surface area contributed by atoms with E-state index in [1.807, 2.05) is 0 Å². The Hall–Kier alpha value is -1.64. The van der Waals surface area contributed by atoms with E-state index >= 15 is 0 Å². The first-order chi connectivity index (χ1) is 10.1. The van der Waals surface area contributed by atoms with Crippen LogP contribution in [0, 0.1) is 11.8 Å². The zero-order valence-electron chi connectivity index (χ0n) is 12.7. The Morgan fingerprint density at radius 2 is 2.24 bits per heavy atom. The van der Waals surface area contributed by atoms with Gasteiger partial charge in [-0.1, -0.05) is 25.1 Å². The molecule has 0 aromatic heterocycles. The van der Waals surface area contributed by atoms with Crippen LogP contribution in [-0.4, -0.2) is 18.2 Å². The molecule has 1 aliphatic heterocycles. The minimum Gasteiger partial charge on any atom is -0.489 e. The number of fused-ring (bicyclic) bond motifs is 3. The molecule has 2 aliphatic rings. The number of aldehydes is 1. The molecular formula is C18H22O3. The highest BCUT2D eigenvalue weighted by atomic mass is 16.5. The largest absolute Gasteiger partial charge is 0.489 e. The van der Waals surface area contributed by atoms with E-state index in [4.69, 9.17) is 4.74 Å². The molecule has 0 spiro atoms. The second kappa shape index (κ2) is 5.63. The van der Waals surface area contributed by atoms with Gasteiger partial charge in [-0.05, 0) is 37.7 Å². The third-order valence-electron chi connectivity index (χ3n) is 4.96. The molecule has 0 N–H and O–H groups in total. The van der Waals surface area contributed by atoms with Gasteiger partial charge in [0.1, 0.15) is 23.9 Å². The van der Waals surface area contributed by atoms with Gasteiger partial charge in [0, 0.05) is 23.8 Å². The van der Waals surface area contributed by atoms with Crippen LogP contribution in [0.3, 0.4) is 0 Å². The summed E-state index contributed by atoms with van der Waals surface area (Å²) in [5.41, 5.74) is 2.38. The molecule has 21 heavy (non-hydrogen) atoms. The van der Waals surface area contributed by atoms with Crippen LogP contribution in [0.5, 0.6) is 5.75 Å². The lowest BCUT2D eigenvalue weighted by atomic mass is 9.85. The predicted molar refractivity (Wildman–Crippen MR) is 80.6 cm³/mol. The number of carbonyl (C=O) groups is 2. The minimum atomic E-state index is 0.0729. The van der Waals surface area contributed by atoms with Gasteiger partial charge >= 0.3 is 0 Å². The van der Waals surface area contributed by atoms with Crippen LogP contribution in [0.25, 0.3) is 0 Å². The molecule has 0 bridgehead atoms. The lowest BCUT2D eigenvalue weighted by Crippen LogP contribution is -2.16. The molecule has 3 nitrogen and oxygen atoms in total. The van der Waals surface area contributed by atoms with Crippen molar-refractivity contribution in [3.05, 3.63) is 29.3 Å². The fourth-order valence-corrected chi connectivity index (χ4v) is 3.91. The summed E-state index contributed by atoms with van der Waals surface area (Å²) in [6.45, 7) is 3.77. The van der Waals surface area contributed by atoms with Crippen LogP contribution >= 0.6 is 0 Å². The number of ketones is 1. The third kappa shape index (κ3) is 2.50. The molecule has 3 heteroatoms. The summed E-state index contributed by atoms with van der Waals surface area (Å²) in [5.74, 6) is 1.90. The Morgan fingerprint density at radius 1 is 1.43 bits per heavy atom. The highest BCUT2D eigenvalue weighted by molar-refractivity contribution is 5.75. The van der Waals surface area contributed by atoms with E-state index in [0.29, 0.717) is 12.3 Å². The van der Waals surface area contributed by atoms with Gasteiger partial charge in [0.25, 0.3) is 0 Å². The topological polar surface area (TPSA) is 43.4 Å². The quantitative estimate of drug-likeness (QED) is 0.780. The summed E-state index contributed by atoms with van der Waals surface area (Å²) in [4.78, 5) is 22.5. The molecule has 3 rings (SSSR count). The molecule has 1 aromatic rings. The summed E-state index contributed by atoms with van der Waals surface area (Å²) >= 11 is 0. The van der Waals surface area contributed by atoms with Gasteiger partial charge in [-0.3, -0.25) is 0 Å². The number of benzene rings is 1. The summed E-state index contributed by atoms with van der Waals surface area (Å²) < 4.78 is 6.18. The Bertz CT molecular complexity index is 564.